The number of anilines is 1. The highest BCUT2D eigenvalue weighted by molar-refractivity contribution is 5.92. The first kappa shape index (κ1) is 16.6. The van der Waals surface area contributed by atoms with E-state index in [0.29, 0.717) is 17.2 Å². The summed E-state index contributed by atoms with van der Waals surface area (Å²) in [6, 6.07) is 3.31. The van der Waals surface area contributed by atoms with Gasteiger partial charge in [0.1, 0.15) is 17.5 Å². The highest BCUT2D eigenvalue weighted by atomic mass is 16.5. The molecule has 0 bridgehead atoms. The Hall–Kier alpha value is -2.44. The van der Waals surface area contributed by atoms with Crippen LogP contribution in [0.1, 0.15) is 13.8 Å². The summed E-state index contributed by atoms with van der Waals surface area (Å²) >= 11 is 0. The minimum absolute atomic E-state index is 0.229. The van der Waals surface area contributed by atoms with E-state index in [1.54, 1.807) is 32.0 Å². The number of carboxylic acids is 1. The maximum Gasteiger partial charge on any atom is 0.326 e. The maximum absolute atomic E-state index is 11.9. The molecule has 0 aromatic heterocycles. The third-order valence-electron chi connectivity index (χ3n) is 2.83. The van der Waals surface area contributed by atoms with Crippen LogP contribution in [0.3, 0.4) is 0 Å². The maximum atomic E-state index is 11.9. The SMILES string of the molecule is COc1cc(NC(=O)N[C@H](C(=O)O)C(C)C)cc(OC)c1. The first-order chi connectivity index (χ1) is 9.87. The summed E-state index contributed by atoms with van der Waals surface area (Å²) in [6.45, 7) is 3.43. The van der Waals surface area contributed by atoms with Gasteiger partial charge in [-0.2, -0.15) is 0 Å². The number of aliphatic carboxylic acids is 1. The lowest BCUT2D eigenvalue weighted by Gasteiger charge is -2.18. The van der Waals surface area contributed by atoms with Crippen molar-refractivity contribution < 1.29 is 24.2 Å². The first-order valence-corrected chi connectivity index (χ1v) is 6.40. The fourth-order valence-electron chi connectivity index (χ4n) is 1.70. The van der Waals surface area contributed by atoms with Crippen molar-refractivity contribution in [2.24, 2.45) is 5.92 Å². The van der Waals surface area contributed by atoms with Crippen LogP contribution in [0, 0.1) is 5.92 Å². The second-order valence-electron chi connectivity index (χ2n) is 4.76. The molecule has 0 heterocycles. The van der Waals surface area contributed by atoms with E-state index in [2.05, 4.69) is 10.6 Å². The first-order valence-electron chi connectivity index (χ1n) is 6.40. The van der Waals surface area contributed by atoms with Gasteiger partial charge in [-0.05, 0) is 5.92 Å². The predicted molar refractivity (Wildman–Crippen MR) is 78.0 cm³/mol. The number of urea groups is 1. The summed E-state index contributed by atoms with van der Waals surface area (Å²) in [5, 5.41) is 14.0. The molecule has 0 unspecified atom stereocenters. The molecular weight excluding hydrogens is 276 g/mol. The Labute approximate surface area is 123 Å². The van der Waals surface area contributed by atoms with Crippen LogP contribution in [0.15, 0.2) is 18.2 Å². The predicted octanol–water partition coefficient (Wildman–Crippen LogP) is 1.93. The third kappa shape index (κ3) is 4.87. The molecule has 0 aliphatic carbocycles. The van der Waals surface area contributed by atoms with Gasteiger partial charge in [0.05, 0.1) is 14.2 Å². The van der Waals surface area contributed by atoms with E-state index in [1.165, 1.54) is 14.2 Å². The Morgan fingerprint density at radius 1 is 1.10 bits per heavy atom. The van der Waals surface area contributed by atoms with Crippen molar-refractivity contribution in [1.82, 2.24) is 5.32 Å². The van der Waals surface area contributed by atoms with Gasteiger partial charge in [-0.25, -0.2) is 9.59 Å². The van der Waals surface area contributed by atoms with Crippen molar-refractivity contribution in [3.8, 4) is 11.5 Å². The topological polar surface area (TPSA) is 96.9 Å². The molecule has 21 heavy (non-hydrogen) atoms. The molecule has 7 nitrogen and oxygen atoms in total. The van der Waals surface area contributed by atoms with Crippen LogP contribution in [0.5, 0.6) is 11.5 Å². The fourth-order valence-corrected chi connectivity index (χ4v) is 1.70. The zero-order valence-electron chi connectivity index (χ0n) is 12.5. The molecule has 0 radical (unpaired) electrons. The lowest BCUT2D eigenvalue weighted by molar-refractivity contribution is -0.140. The van der Waals surface area contributed by atoms with Crippen molar-refractivity contribution in [2.45, 2.75) is 19.9 Å². The van der Waals surface area contributed by atoms with Crippen molar-refractivity contribution in [3.63, 3.8) is 0 Å². The number of hydrogen-bond donors (Lipinski definition) is 3. The smallest absolute Gasteiger partial charge is 0.326 e. The normalized spacial score (nSPS) is 11.7. The minimum atomic E-state index is -1.08. The minimum Gasteiger partial charge on any atom is -0.497 e. The number of carbonyl (C=O) groups excluding carboxylic acids is 1. The average molecular weight is 296 g/mol. The number of hydrogen-bond acceptors (Lipinski definition) is 4. The van der Waals surface area contributed by atoms with E-state index in [9.17, 15) is 9.59 Å². The second-order valence-corrected chi connectivity index (χ2v) is 4.76. The molecule has 116 valence electrons. The zero-order valence-corrected chi connectivity index (χ0v) is 12.5. The van der Waals surface area contributed by atoms with Gasteiger partial charge in [-0.3, -0.25) is 0 Å². The number of carboxylic acid groups (broad SMARTS) is 1. The van der Waals surface area contributed by atoms with Gasteiger partial charge in [0.2, 0.25) is 0 Å². The summed E-state index contributed by atoms with van der Waals surface area (Å²) in [7, 11) is 3.00. The van der Waals surface area contributed by atoms with Crippen LogP contribution >= 0.6 is 0 Å². The largest absolute Gasteiger partial charge is 0.497 e. The van der Waals surface area contributed by atoms with E-state index in [1.807, 2.05) is 0 Å². The van der Waals surface area contributed by atoms with Gasteiger partial charge in [0, 0.05) is 23.9 Å². The van der Waals surface area contributed by atoms with E-state index in [0.717, 1.165) is 0 Å². The summed E-state index contributed by atoms with van der Waals surface area (Å²) < 4.78 is 10.2. The highest BCUT2D eigenvalue weighted by Gasteiger charge is 2.23. The molecule has 1 aromatic rings. The number of ether oxygens (including phenoxy) is 2. The molecule has 2 amide bonds. The van der Waals surface area contributed by atoms with Crippen LogP contribution in [0.25, 0.3) is 0 Å². The van der Waals surface area contributed by atoms with Gasteiger partial charge < -0.3 is 25.2 Å². The quantitative estimate of drug-likeness (QED) is 0.745. The van der Waals surface area contributed by atoms with E-state index >= 15 is 0 Å². The molecule has 0 saturated heterocycles. The van der Waals surface area contributed by atoms with Crippen molar-refractivity contribution >= 4 is 17.7 Å². The van der Waals surface area contributed by atoms with Gasteiger partial charge in [-0.1, -0.05) is 13.8 Å². The van der Waals surface area contributed by atoms with Crippen molar-refractivity contribution in [3.05, 3.63) is 18.2 Å². The molecule has 0 spiro atoms. The van der Waals surface area contributed by atoms with Crippen LogP contribution in [0.2, 0.25) is 0 Å². The van der Waals surface area contributed by atoms with Gasteiger partial charge in [-0.15, -0.1) is 0 Å². The van der Waals surface area contributed by atoms with Gasteiger partial charge in [0.15, 0.2) is 0 Å². The van der Waals surface area contributed by atoms with Crippen molar-refractivity contribution in [1.29, 1.82) is 0 Å². The molecular formula is C14H20N2O5. The van der Waals surface area contributed by atoms with Crippen molar-refractivity contribution in [2.75, 3.05) is 19.5 Å². The fraction of sp³-hybridized carbons (Fsp3) is 0.429. The Bertz CT molecular complexity index is 494. The molecule has 1 rings (SSSR count). The molecule has 1 atom stereocenters. The monoisotopic (exact) mass is 296 g/mol. The molecule has 1 aromatic carbocycles. The second kappa shape index (κ2) is 7.37. The Morgan fingerprint density at radius 3 is 2.00 bits per heavy atom. The lowest BCUT2D eigenvalue weighted by Crippen LogP contribution is -2.46. The molecule has 7 heteroatoms. The van der Waals surface area contributed by atoms with Crippen LogP contribution in [-0.4, -0.2) is 37.4 Å². The summed E-state index contributed by atoms with van der Waals surface area (Å²) in [5.74, 6) is -0.275. The van der Waals surface area contributed by atoms with Crippen LogP contribution in [0.4, 0.5) is 10.5 Å². The number of methoxy groups -OCH3 is 2. The molecule has 0 fully saturated rings. The summed E-state index contributed by atoms with van der Waals surface area (Å²) in [4.78, 5) is 22.9. The Morgan fingerprint density at radius 2 is 1.62 bits per heavy atom. The standard InChI is InChI=1S/C14H20N2O5/c1-8(2)12(13(17)18)16-14(19)15-9-5-10(20-3)7-11(6-9)21-4/h5-8,12H,1-4H3,(H,17,18)(H2,15,16,19)/t12-/m0/s1. The summed E-state index contributed by atoms with van der Waals surface area (Å²) in [5.41, 5.74) is 0.441. The molecule has 0 aliphatic heterocycles. The average Bonchev–Trinajstić information content (AvgIpc) is 2.43. The van der Waals surface area contributed by atoms with Gasteiger partial charge in [0.25, 0.3) is 0 Å². The Kier molecular flexibility index (Phi) is 5.83. The number of amides is 2. The van der Waals surface area contributed by atoms with Gasteiger partial charge >= 0.3 is 12.0 Å². The number of nitrogens with one attached hydrogen (secondary N) is 2. The molecule has 0 saturated carbocycles. The molecule has 0 aliphatic rings. The van der Waals surface area contributed by atoms with E-state index in [4.69, 9.17) is 14.6 Å². The third-order valence-corrected chi connectivity index (χ3v) is 2.83. The molecule has 3 N–H and O–H groups in total. The highest BCUT2D eigenvalue weighted by Crippen LogP contribution is 2.25. The number of carbonyl (C=O) groups is 2. The number of rotatable bonds is 6. The van der Waals surface area contributed by atoms with E-state index < -0.39 is 18.0 Å². The van der Waals surface area contributed by atoms with Crippen LogP contribution < -0.4 is 20.1 Å². The number of benzene rings is 1. The lowest BCUT2D eigenvalue weighted by atomic mass is 10.1. The zero-order chi connectivity index (χ0) is 16.0. The summed E-state index contributed by atoms with van der Waals surface area (Å²) in [6.07, 6.45) is 0. The Balaban J connectivity index is 2.80. The van der Waals surface area contributed by atoms with E-state index in [-0.39, 0.29) is 5.92 Å². The van der Waals surface area contributed by atoms with Crippen LogP contribution in [-0.2, 0) is 4.79 Å².